The van der Waals surface area contributed by atoms with Crippen LogP contribution in [0.25, 0.3) is 5.57 Å². The minimum absolute atomic E-state index is 0.229. The Labute approximate surface area is 184 Å². The zero-order valence-corrected chi connectivity index (χ0v) is 18.1. The van der Waals surface area contributed by atoms with Gasteiger partial charge < -0.3 is 14.8 Å². The van der Waals surface area contributed by atoms with Gasteiger partial charge in [0.15, 0.2) is 0 Å². The van der Waals surface area contributed by atoms with Gasteiger partial charge in [-0.3, -0.25) is 9.59 Å². The minimum Gasteiger partial charge on any atom is -0.494 e. The molecular formula is C24H22N2O4S. The average molecular weight is 435 g/mol. The normalized spacial score (nSPS) is 13.7. The summed E-state index contributed by atoms with van der Waals surface area (Å²) in [6.45, 7) is 4.72. The number of nitrogens with zero attached hydrogens (tertiary/aromatic N) is 1. The molecule has 1 aliphatic heterocycles. The lowest BCUT2D eigenvalue weighted by Gasteiger charge is -2.19. The summed E-state index contributed by atoms with van der Waals surface area (Å²) in [6.07, 6.45) is 0. The molecule has 2 heterocycles. The fourth-order valence-electron chi connectivity index (χ4n) is 3.41. The van der Waals surface area contributed by atoms with Crippen LogP contribution in [0.5, 0.6) is 11.5 Å². The Morgan fingerprint density at radius 1 is 0.903 bits per heavy atom. The molecule has 6 nitrogen and oxygen atoms in total. The molecule has 0 fully saturated rings. The average Bonchev–Trinajstić information content (AvgIpc) is 3.37. The highest BCUT2D eigenvalue weighted by Gasteiger charge is 2.41. The molecule has 0 radical (unpaired) electrons. The Balaban J connectivity index is 1.77. The van der Waals surface area contributed by atoms with Gasteiger partial charge in [0.2, 0.25) is 0 Å². The smallest absolute Gasteiger partial charge is 0.282 e. The van der Waals surface area contributed by atoms with Gasteiger partial charge in [0.25, 0.3) is 11.8 Å². The summed E-state index contributed by atoms with van der Waals surface area (Å²) in [5, 5.41) is 5.04. The van der Waals surface area contributed by atoms with Crippen LogP contribution in [0, 0.1) is 0 Å². The van der Waals surface area contributed by atoms with E-state index in [9.17, 15) is 9.59 Å². The van der Waals surface area contributed by atoms with E-state index in [1.54, 1.807) is 24.3 Å². The second-order valence-electron chi connectivity index (χ2n) is 6.66. The summed E-state index contributed by atoms with van der Waals surface area (Å²) in [5.41, 5.74) is 1.66. The number of amides is 2. The van der Waals surface area contributed by atoms with E-state index in [0.29, 0.717) is 41.7 Å². The van der Waals surface area contributed by atoms with Crippen molar-refractivity contribution in [1.29, 1.82) is 0 Å². The summed E-state index contributed by atoms with van der Waals surface area (Å²) in [6, 6.07) is 18.1. The number of thiophene rings is 1. The quantitative estimate of drug-likeness (QED) is 0.509. The first kappa shape index (κ1) is 20.7. The number of carbonyl (C=O) groups excluding carboxylic acids is 2. The second-order valence-corrected chi connectivity index (χ2v) is 7.61. The van der Waals surface area contributed by atoms with Crippen molar-refractivity contribution in [2.75, 3.05) is 23.4 Å². The van der Waals surface area contributed by atoms with Crippen LogP contribution in [-0.2, 0) is 9.59 Å². The van der Waals surface area contributed by atoms with Crippen LogP contribution in [0.3, 0.4) is 0 Å². The third-order valence-corrected chi connectivity index (χ3v) is 5.56. The van der Waals surface area contributed by atoms with Gasteiger partial charge >= 0.3 is 0 Å². The molecule has 0 aliphatic carbocycles. The van der Waals surface area contributed by atoms with Crippen LogP contribution in [0.15, 0.2) is 71.7 Å². The molecule has 4 rings (SSSR count). The van der Waals surface area contributed by atoms with Crippen LogP contribution < -0.4 is 19.7 Å². The zero-order valence-electron chi connectivity index (χ0n) is 17.3. The zero-order chi connectivity index (χ0) is 21.8. The fourth-order valence-corrected chi connectivity index (χ4v) is 4.18. The fraction of sp³-hybridized carbons (Fsp3) is 0.167. The molecule has 31 heavy (non-hydrogen) atoms. The second kappa shape index (κ2) is 9.06. The van der Waals surface area contributed by atoms with Gasteiger partial charge in [0.05, 0.1) is 24.5 Å². The molecule has 2 aromatic carbocycles. The van der Waals surface area contributed by atoms with E-state index in [1.165, 1.54) is 16.2 Å². The SMILES string of the molecule is CCOc1cccc(NC2=C(c3cccs3)C(=O)N(c3ccccc3OCC)C2=O)c1. The molecule has 0 bridgehead atoms. The van der Waals surface area contributed by atoms with E-state index >= 15 is 0 Å². The van der Waals surface area contributed by atoms with Crippen LogP contribution in [-0.4, -0.2) is 25.0 Å². The molecule has 0 saturated carbocycles. The Morgan fingerprint density at radius 3 is 2.45 bits per heavy atom. The van der Waals surface area contributed by atoms with Gasteiger partial charge in [-0.2, -0.15) is 0 Å². The van der Waals surface area contributed by atoms with Crippen molar-refractivity contribution in [2.45, 2.75) is 13.8 Å². The number of imide groups is 1. The number of hydrogen-bond acceptors (Lipinski definition) is 6. The van der Waals surface area contributed by atoms with Gasteiger partial charge in [-0.15, -0.1) is 11.3 Å². The number of benzene rings is 2. The van der Waals surface area contributed by atoms with Crippen molar-refractivity contribution >= 4 is 40.1 Å². The summed E-state index contributed by atoms with van der Waals surface area (Å²) in [4.78, 5) is 28.9. The number of nitrogens with one attached hydrogen (secondary N) is 1. The maximum absolute atomic E-state index is 13.5. The molecule has 1 N–H and O–H groups in total. The lowest BCUT2D eigenvalue weighted by molar-refractivity contribution is -0.120. The van der Waals surface area contributed by atoms with Crippen molar-refractivity contribution in [3.05, 3.63) is 76.6 Å². The van der Waals surface area contributed by atoms with E-state index in [2.05, 4.69) is 5.32 Å². The molecule has 0 unspecified atom stereocenters. The van der Waals surface area contributed by atoms with E-state index in [4.69, 9.17) is 9.47 Å². The van der Waals surface area contributed by atoms with E-state index in [0.717, 1.165) is 4.88 Å². The van der Waals surface area contributed by atoms with Gasteiger partial charge in [-0.25, -0.2) is 4.90 Å². The van der Waals surface area contributed by atoms with Gasteiger partial charge in [0, 0.05) is 16.6 Å². The van der Waals surface area contributed by atoms with Crippen molar-refractivity contribution in [1.82, 2.24) is 0 Å². The third kappa shape index (κ3) is 4.04. The lowest BCUT2D eigenvalue weighted by Crippen LogP contribution is -2.32. The topological polar surface area (TPSA) is 67.9 Å². The molecule has 7 heteroatoms. The Bertz CT molecular complexity index is 1140. The van der Waals surface area contributed by atoms with Crippen molar-refractivity contribution in [2.24, 2.45) is 0 Å². The predicted octanol–water partition coefficient (Wildman–Crippen LogP) is 4.94. The van der Waals surface area contributed by atoms with Crippen LogP contribution in [0.4, 0.5) is 11.4 Å². The lowest BCUT2D eigenvalue weighted by atomic mass is 10.2. The standard InChI is InChI=1S/C24H22N2O4S/c1-3-29-17-10-7-9-16(15-17)25-22-21(20-13-8-14-31-20)23(27)26(24(22)28)18-11-5-6-12-19(18)30-4-2/h5-15,25H,3-4H2,1-2H3. The molecule has 0 saturated heterocycles. The van der Waals surface area contributed by atoms with Crippen LogP contribution in [0.2, 0.25) is 0 Å². The third-order valence-electron chi connectivity index (χ3n) is 4.67. The number of rotatable bonds is 8. The summed E-state index contributed by atoms with van der Waals surface area (Å²) < 4.78 is 11.2. The van der Waals surface area contributed by atoms with Crippen molar-refractivity contribution in [3.63, 3.8) is 0 Å². The maximum atomic E-state index is 13.5. The Morgan fingerprint density at radius 2 is 1.71 bits per heavy atom. The van der Waals surface area contributed by atoms with Crippen LogP contribution >= 0.6 is 11.3 Å². The molecule has 1 aromatic heterocycles. The highest BCUT2D eigenvalue weighted by molar-refractivity contribution is 7.11. The molecule has 3 aromatic rings. The molecule has 158 valence electrons. The summed E-state index contributed by atoms with van der Waals surface area (Å²) in [5.74, 6) is 0.350. The highest BCUT2D eigenvalue weighted by Crippen LogP contribution is 2.39. The Kier molecular flexibility index (Phi) is 6.04. The van der Waals surface area contributed by atoms with Gasteiger partial charge in [-0.1, -0.05) is 24.3 Å². The van der Waals surface area contributed by atoms with Crippen molar-refractivity contribution < 1.29 is 19.1 Å². The first-order valence-corrected chi connectivity index (χ1v) is 10.9. The molecule has 1 aliphatic rings. The molecule has 0 spiro atoms. The largest absolute Gasteiger partial charge is 0.494 e. The monoisotopic (exact) mass is 434 g/mol. The number of carbonyl (C=O) groups is 2. The summed E-state index contributed by atoms with van der Waals surface area (Å²) in [7, 11) is 0. The number of ether oxygens (including phenoxy) is 2. The predicted molar refractivity (Wildman–Crippen MR) is 123 cm³/mol. The maximum Gasteiger partial charge on any atom is 0.282 e. The number of para-hydroxylation sites is 2. The first-order valence-electron chi connectivity index (χ1n) is 10.0. The van der Waals surface area contributed by atoms with Gasteiger partial charge in [-0.05, 0) is 49.6 Å². The molecular weight excluding hydrogens is 412 g/mol. The molecule has 2 amide bonds. The number of anilines is 2. The van der Waals surface area contributed by atoms with Gasteiger partial charge in [0.1, 0.15) is 17.2 Å². The van der Waals surface area contributed by atoms with Crippen LogP contribution in [0.1, 0.15) is 18.7 Å². The van der Waals surface area contributed by atoms with Crippen molar-refractivity contribution in [3.8, 4) is 11.5 Å². The molecule has 0 atom stereocenters. The highest BCUT2D eigenvalue weighted by atomic mass is 32.1. The van der Waals surface area contributed by atoms with E-state index in [1.807, 2.05) is 55.6 Å². The van der Waals surface area contributed by atoms with E-state index < -0.39 is 5.91 Å². The van der Waals surface area contributed by atoms with E-state index in [-0.39, 0.29) is 11.6 Å². The summed E-state index contributed by atoms with van der Waals surface area (Å²) >= 11 is 1.41. The number of hydrogen-bond donors (Lipinski definition) is 1. The Hall–Kier alpha value is -3.58. The minimum atomic E-state index is -0.428. The first-order chi connectivity index (χ1) is 15.1.